The van der Waals surface area contributed by atoms with Gasteiger partial charge in [-0.3, -0.25) is 4.79 Å². The number of aromatic nitrogens is 1. The Morgan fingerprint density at radius 1 is 0.821 bits per heavy atom. The van der Waals surface area contributed by atoms with Crippen molar-refractivity contribution in [1.82, 2.24) is 4.57 Å². The van der Waals surface area contributed by atoms with Crippen molar-refractivity contribution in [3.05, 3.63) is 126 Å². The predicted octanol–water partition coefficient (Wildman–Crippen LogP) is 6.29. The molecule has 0 aliphatic rings. The van der Waals surface area contributed by atoms with Gasteiger partial charge in [-0.2, -0.15) is 0 Å². The zero-order valence-corrected chi connectivity index (χ0v) is 22.2. The van der Waals surface area contributed by atoms with E-state index in [2.05, 4.69) is 35.0 Å². The van der Waals surface area contributed by atoms with Gasteiger partial charge in [-0.05, 0) is 52.6 Å². The van der Waals surface area contributed by atoms with E-state index in [1.54, 1.807) is 14.2 Å². The van der Waals surface area contributed by atoms with E-state index >= 15 is 0 Å². The highest BCUT2D eigenvalue weighted by Crippen LogP contribution is 2.39. The van der Waals surface area contributed by atoms with Crippen LogP contribution in [0.1, 0.15) is 34.6 Å². The number of methoxy groups -OCH3 is 2. The van der Waals surface area contributed by atoms with E-state index in [9.17, 15) is 4.79 Å². The third-order valence-corrected chi connectivity index (χ3v) is 6.94. The molecule has 0 spiro atoms. The molecule has 2 N–H and O–H groups in total. The predicted molar refractivity (Wildman–Crippen MR) is 153 cm³/mol. The Morgan fingerprint density at radius 2 is 1.56 bits per heavy atom. The Hall–Kier alpha value is -4.71. The molecule has 1 amide bonds. The van der Waals surface area contributed by atoms with Gasteiger partial charge in [0.15, 0.2) is 11.5 Å². The number of benzene rings is 4. The quantitative estimate of drug-likeness (QED) is 0.222. The van der Waals surface area contributed by atoms with E-state index < -0.39 is 0 Å². The molecule has 0 bridgehead atoms. The van der Waals surface area contributed by atoms with Crippen LogP contribution >= 0.6 is 0 Å². The molecule has 198 valence electrons. The fourth-order valence-electron chi connectivity index (χ4n) is 4.98. The number of carbonyl (C=O) groups excluding carboxylic acids is 1. The van der Waals surface area contributed by atoms with Gasteiger partial charge in [0.25, 0.3) is 0 Å². The number of carbonyl (C=O) groups is 1. The average molecular weight is 521 g/mol. The van der Waals surface area contributed by atoms with E-state index in [0.29, 0.717) is 24.7 Å². The molecule has 6 nitrogen and oxygen atoms in total. The molecule has 1 heterocycles. The molecule has 1 aromatic heterocycles. The van der Waals surface area contributed by atoms with Gasteiger partial charge < -0.3 is 24.5 Å². The van der Waals surface area contributed by atoms with Crippen LogP contribution in [0.2, 0.25) is 0 Å². The maximum Gasteiger partial charge on any atom is 0.218 e. The fourth-order valence-corrected chi connectivity index (χ4v) is 4.98. The number of nitrogens with zero attached hydrogens (tertiary/aromatic N) is 1. The van der Waals surface area contributed by atoms with Gasteiger partial charge in [-0.1, -0.05) is 66.7 Å². The number of hydrogen-bond acceptors (Lipinski definition) is 4. The van der Waals surface area contributed by atoms with Gasteiger partial charge >= 0.3 is 0 Å². The van der Waals surface area contributed by atoms with Crippen LogP contribution in [0.3, 0.4) is 0 Å². The lowest BCUT2D eigenvalue weighted by Crippen LogP contribution is -2.16. The monoisotopic (exact) mass is 520 g/mol. The smallest absolute Gasteiger partial charge is 0.218 e. The Kier molecular flexibility index (Phi) is 7.83. The molecule has 6 heteroatoms. The van der Waals surface area contributed by atoms with Crippen molar-refractivity contribution in [3.8, 4) is 17.2 Å². The van der Waals surface area contributed by atoms with Crippen molar-refractivity contribution in [2.45, 2.75) is 25.5 Å². The second-order valence-corrected chi connectivity index (χ2v) is 9.49. The van der Waals surface area contributed by atoms with Gasteiger partial charge in [0, 0.05) is 36.0 Å². The maximum absolute atomic E-state index is 12.3. The molecule has 5 rings (SSSR count). The van der Waals surface area contributed by atoms with Crippen molar-refractivity contribution >= 4 is 16.8 Å². The summed E-state index contributed by atoms with van der Waals surface area (Å²) in [4.78, 5) is 12.3. The minimum atomic E-state index is -0.365. The van der Waals surface area contributed by atoms with Crippen molar-refractivity contribution in [3.63, 3.8) is 0 Å². The lowest BCUT2D eigenvalue weighted by atomic mass is 9.88. The highest BCUT2D eigenvalue weighted by Gasteiger charge is 2.23. The number of rotatable bonds is 11. The highest BCUT2D eigenvalue weighted by atomic mass is 16.5. The van der Waals surface area contributed by atoms with Gasteiger partial charge in [0.05, 0.1) is 14.2 Å². The van der Waals surface area contributed by atoms with E-state index in [1.165, 1.54) is 0 Å². The van der Waals surface area contributed by atoms with E-state index in [0.717, 1.165) is 38.9 Å². The Labute approximate surface area is 228 Å². The molecular formula is C33H32N2O4. The second kappa shape index (κ2) is 11.8. The summed E-state index contributed by atoms with van der Waals surface area (Å²) in [6.45, 7) is 1.11. The third-order valence-electron chi connectivity index (χ3n) is 6.94. The molecule has 1 atom stereocenters. The molecule has 39 heavy (non-hydrogen) atoms. The standard InChI is InChI=1S/C33H32N2O4/c1-37-26-15-12-23(13-16-26)20-35-21-29(27-10-6-7-11-30(27)35)28(19-33(34)36)25-14-17-31(32(18-25)38-2)39-22-24-8-4-3-5-9-24/h3-18,21,28H,19-20,22H2,1-2H3,(H2,34,36). The number of ether oxygens (including phenoxy) is 3. The Bertz CT molecular complexity index is 1560. The third kappa shape index (κ3) is 5.91. The molecule has 0 aliphatic carbocycles. The van der Waals surface area contributed by atoms with E-state index in [1.807, 2.05) is 72.8 Å². The molecule has 0 radical (unpaired) electrons. The minimum absolute atomic E-state index is 0.171. The minimum Gasteiger partial charge on any atom is -0.497 e. The zero-order chi connectivity index (χ0) is 27.2. The second-order valence-electron chi connectivity index (χ2n) is 9.49. The van der Waals surface area contributed by atoms with E-state index in [4.69, 9.17) is 19.9 Å². The summed E-state index contributed by atoms with van der Waals surface area (Å²) in [5.74, 6) is 1.46. The zero-order valence-electron chi connectivity index (χ0n) is 22.2. The topological polar surface area (TPSA) is 75.7 Å². The fraction of sp³-hybridized carbons (Fsp3) is 0.182. The van der Waals surface area contributed by atoms with Gasteiger partial charge in [0.1, 0.15) is 12.4 Å². The first-order valence-corrected chi connectivity index (χ1v) is 12.9. The molecular weight excluding hydrogens is 488 g/mol. The summed E-state index contributed by atoms with van der Waals surface area (Å²) in [6.07, 6.45) is 2.30. The van der Waals surface area contributed by atoms with Crippen LogP contribution in [0.15, 0.2) is 103 Å². The molecule has 1 unspecified atom stereocenters. The average Bonchev–Trinajstić information content (AvgIpc) is 3.33. The van der Waals surface area contributed by atoms with Gasteiger partial charge in [-0.15, -0.1) is 0 Å². The molecule has 0 aliphatic heterocycles. The van der Waals surface area contributed by atoms with Gasteiger partial charge in [0.2, 0.25) is 5.91 Å². The van der Waals surface area contributed by atoms with Crippen LogP contribution in [0, 0.1) is 0 Å². The number of nitrogens with two attached hydrogens (primary N) is 1. The van der Waals surface area contributed by atoms with Crippen LogP contribution in [-0.4, -0.2) is 24.7 Å². The summed E-state index contributed by atoms with van der Waals surface area (Å²) in [6, 6.07) is 32.1. The number of amides is 1. The Balaban J connectivity index is 1.50. The van der Waals surface area contributed by atoms with Crippen LogP contribution in [0.5, 0.6) is 17.2 Å². The molecule has 5 aromatic rings. The van der Waals surface area contributed by atoms with Crippen molar-refractivity contribution in [2.75, 3.05) is 14.2 Å². The highest BCUT2D eigenvalue weighted by molar-refractivity contribution is 5.86. The first kappa shape index (κ1) is 25.9. The molecule has 4 aromatic carbocycles. The van der Waals surface area contributed by atoms with E-state index in [-0.39, 0.29) is 18.2 Å². The van der Waals surface area contributed by atoms with Crippen molar-refractivity contribution in [1.29, 1.82) is 0 Å². The number of para-hydroxylation sites is 1. The van der Waals surface area contributed by atoms with Crippen LogP contribution in [-0.2, 0) is 17.9 Å². The van der Waals surface area contributed by atoms with Crippen molar-refractivity contribution < 1.29 is 19.0 Å². The maximum atomic E-state index is 12.3. The molecule has 0 fully saturated rings. The summed E-state index contributed by atoms with van der Waals surface area (Å²) < 4.78 is 19.3. The summed E-state index contributed by atoms with van der Waals surface area (Å²) in [7, 11) is 3.29. The van der Waals surface area contributed by atoms with Gasteiger partial charge in [-0.25, -0.2) is 0 Å². The lowest BCUT2D eigenvalue weighted by molar-refractivity contribution is -0.118. The lowest BCUT2D eigenvalue weighted by Gasteiger charge is -2.18. The summed E-state index contributed by atoms with van der Waals surface area (Å²) in [5, 5.41) is 1.08. The number of hydrogen-bond donors (Lipinski definition) is 1. The van der Waals surface area contributed by atoms with Crippen molar-refractivity contribution in [2.24, 2.45) is 5.73 Å². The SMILES string of the molecule is COc1ccc(Cn2cc(C(CC(N)=O)c3ccc(OCc4ccccc4)c(OC)c3)c3ccccc32)cc1. The first-order valence-electron chi connectivity index (χ1n) is 12.9. The normalized spacial score (nSPS) is 11.7. The molecule has 0 saturated carbocycles. The van der Waals surface area contributed by atoms with Crippen LogP contribution < -0.4 is 19.9 Å². The van der Waals surface area contributed by atoms with Crippen LogP contribution in [0.25, 0.3) is 10.9 Å². The van der Waals surface area contributed by atoms with Crippen LogP contribution in [0.4, 0.5) is 0 Å². The summed E-state index contributed by atoms with van der Waals surface area (Å²) >= 11 is 0. The first-order chi connectivity index (χ1) is 19.1. The molecule has 0 saturated heterocycles. The Morgan fingerprint density at radius 3 is 2.28 bits per heavy atom. The summed E-state index contributed by atoms with van der Waals surface area (Å²) in [5.41, 5.74) is 11.1. The number of primary amides is 1. The largest absolute Gasteiger partial charge is 0.497 e. The number of fused-ring (bicyclic) bond motifs is 1.